The summed E-state index contributed by atoms with van der Waals surface area (Å²) in [7, 11) is 4.79. The van der Waals surface area contributed by atoms with Gasteiger partial charge in [-0.2, -0.15) is 15.3 Å². The number of aromatic nitrogens is 6. The minimum Gasteiger partial charge on any atom is -0.478 e. The third-order valence-corrected chi connectivity index (χ3v) is 4.16. The van der Waals surface area contributed by atoms with Gasteiger partial charge in [-0.05, 0) is 6.92 Å². The Bertz CT molecular complexity index is 1090. The fourth-order valence-electron chi connectivity index (χ4n) is 2.60. The van der Waals surface area contributed by atoms with E-state index in [1.807, 2.05) is 0 Å². The summed E-state index contributed by atoms with van der Waals surface area (Å²) in [5, 5.41) is 26.4. The van der Waals surface area contributed by atoms with E-state index in [1.165, 1.54) is 35.0 Å². The van der Waals surface area contributed by atoms with E-state index in [0.29, 0.717) is 5.69 Å². The lowest BCUT2D eigenvalue weighted by Gasteiger charge is -2.08. The van der Waals surface area contributed by atoms with Crippen LogP contribution in [0.5, 0.6) is 0 Å². The highest BCUT2D eigenvalue weighted by Gasteiger charge is 2.25. The van der Waals surface area contributed by atoms with E-state index in [-0.39, 0.29) is 22.6 Å². The number of nitrogens with one attached hydrogen (secondary N) is 2. The molecule has 2 amide bonds. The molecule has 0 fully saturated rings. The molecule has 3 rings (SSSR count). The van der Waals surface area contributed by atoms with E-state index >= 15 is 0 Å². The zero-order chi connectivity index (χ0) is 20.6. The van der Waals surface area contributed by atoms with Gasteiger partial charge >= 0.3 is 5.97 Å². The van der Waals surface area contributed by atoms with Gasteiger partial charge in [-0.1, -0.05) is 0 Å². The summed E-state index contributed by atoms with van der Waals surface area (Å²) < 4.78 is 4.13. The molecule has 0 aliphatic rings. The van der Waals surface area contributed by atoms with Gasteiger partial charge in [0.1, 0.15) is 11.3 Å². The maximum Gasteiger partial charge on any atom is 0.339 e. The van der Waals surface area contributed by atoms with Crippen molar-refractivity contribution in [3.05, 3.63) is 41.2 Å². The third-order valence-electron chi connectivity index (χ3n) is 4.16. The molecular weight excluding hydrogens is 368 g/mol. The molecule has 0 aliphatic carbocycles. The molecule has 3 aromatic heterocycles. The molecule has 0 aliphatic heterocycles. The smallest absolute Gasteiger partial charge is 0.339 e. The number of carbonyl (C=O) groups is 3. The topological polar surface area (TPSA) is 149 Å². The standard InChI is InChI=1S/C16H18N8O4/c1-8-10(5-17-23(8)3)19-15(26)13-11(6-18-24(13)4)20-14(25)12-9(16(27)28)7-22(2)21-12/h5-7H,1-4H3,(H,19,26)(H,20,25)(H,27,28). The molecule has 3 aromatic rings. The van der Waals surface area contributed by atoms with Crippen LogP contribution in [0.2, 0.25) is 0 Å². The van der Waals surface area contributed by atoms with Crippen molar-refractivity contribution in [1.82, 2.24) is 29.3 Å². The molecule has 28 heavy (non-hydrogen) atoms. The molecule has 0 radical (unpaired) electrons. The summed E-state index contributed by atoms with van der Waals surface area (Å²) in [5.41, 5.74) is 0.955. The average Bonchev–Trinajstić information content (AvgIpc) is 3.28. The van der Waals surface area contributed by atoms with E-state index in [4.69, 9.17) is 0 Å². The predicted molar refractivity (Wildman–Crippen MR) is 97.2 cm³/mol. The van der Waals surface area contributed by atoms with Crippen LogP contribution in [-0.4, -0.2) is 52.2 Å². The van der Waals surface area contributed by atoms with Gasteiger partial charge in [0.15, 0.2) is 5.69 Å². The first-order chi connectivity index (χ1) is 13.2. The summed E-state index contributed by atoms with van der Waals surface area (Å²) in [6.07, 6.45) is 4.03. The first-order valence-corrected chi connectivity index (χ1v) is 8.09. The molecule has 12 heteroatoms. The summed E-state index contributed by atoms with van der Waals surface area (Å²) in [5.74, 6) is -2.56. The van der Waals surface area contributed by atoms with Crippen LogP contribution in [0.1, 0.15) is 37.0 Å². The molecule has 146 valence electrons. The number of rotatable bonds is 5. The van der Waals surface area contributed by atoms with Crippen LogP contribution in [0.3, 0.4) is 0 Å². The number of hydrogen-bond donors (Lipinski definition) is 3. The lowest BCUT2D eigenvalue weighted by atomic mass is 10.2. The number of carboxylic acids is 1. The van der Waals surface area contributed by atoms with E-state index < -0.39 is 17.8 Å². The summed E-state index contributed by atoms with van der Waals surface area (Å²) in [6, 6.07) is 0. The molecule has 3 heterocycles. The highest BCUT2D eigenvalue weighted by molar-refractivity contribution is 6.13. The van der Waals surface area contributed by atoms with Crippen molar-refractivity contribution in [1.29, 1.82) is 0 Å². The number of carboxylic acid groups (broad SMARTS) is 1. The summed E-state index contributed by atoms with van der Waals surface area (Å²) >= 11 is 0. The first kappa shape index (κ1) is 18.8. The fourth-order valence-corrected chi connectivity index (χ4v) is 2.60. The Balaban J connectivity index is 1.87. The largest absolute Gasteiger partial charge is 0.478 e. The first-order valence-electron chi connectivity index (χ1n) is 8.09. The monoisotopic (exact) mass is 386 g/mol. The van der Waals surface area contributed by atoms with Gasteiger partial charge in [0.25, 0.3) is 11.8 Å². The second-order valence-corrected chi connectivity index (χ2v) is 6.08. The fraction of sp³-hybridized carbons (Fsp3) is 0.250. The van der Waals surface area contributed by atoms with Crippen molar-refractivity contribution in [3.63, 3.8) is 0 Å². The van der Waals surface area contributed by atoms with Crippen LogP contribution < -0.4 is 10.6 Å². The highest BCUT2D eigenvalue weighted by atomic mass is 16.4. The molecule has 0 atom stereocenters. The molecule has 0 unspecified atom stereocenters. The van der Waals surface area contributed by atoms with Gasteiger partial charge < -0.3 is 15.7 Å². The Kier molecular flexibility index (Phi) is 4.69. The van der Waals surface area contributed by atoms with E-state index in [0.717, 1.165) is 5.69 Å². The lowest BCUT2D eigenvalue weighted by Crippen LogP contribution is -2.21. The molecule has 12 nitrogen and oxygen atoms in total. The van der Waals surface area contributed by atoms with E-state index in [1.54, 1.807) is 25.7 Å². The Labute approximate surface area is 158 Å². The summed E-state index contributed by atoms with van der Waals surface area (Å²) in [4.78, 5) is 36.5. The molecule has 3 N–H and O–H groups in total. The van der Waals surface area contributed by atoms with Crippen LogP contribution >= 0.6 is 0 Å². The number of nitrogens with zero attached hydrogens (tertiary/aromatic N) is 6. The van der Waals surface area contributed by atoms with Crippen LogP contribution in [0.4, 0.5) is 11.4 Å². The quantitative estimate of drug-likeness (QED) is 0.574. The molecule has 0 spiro atoms. The number of hydrogen-bond acceptors (Lipinski definition) is 6. The number of carbonyl (C=O) groups excluding carboxylic acids is 2. The highest BCUT2D eigenvalue weighted by Crippen LogP contribution is 2.20. The van der Waals surface area contributed by atoms with Crippen molar-refractivity contribution >= 4 is 29.2 Å². The number of anilines is 2. The van der Waals surface area contributed by atoms with Gasteiger partial charge in [-0.25, -0.2) is 4.79 Å². The molecule has 0 aromatic carbocycles. The number of aromatic carboxylic acids is 1. The van der Waals surface area contributed by atoms with Crippen LogP contribution in [-0.2, 0) is 21.1 Å². The van der Waals surface area contributed by atoms with Crippen LogP contribution in [0.25, 0.3) is 0 Å². The zero-order valence-corrected chi connectivity index (χ0v) is 15.6. The van der Waals surface area contributed by atoms with E-state index in [2.05, 4.69) is 25.9 Å². The van der Waals surface area contributed by atoms with E-state index in [9.17, 15) is 19.5 Å². The molecule has 0 bridgehead atoms. The average molecular weight is 386 g/mol. The Morgan fingerprint density at radius 3 is 2.18 bits per heavy atom. The third kappa shape index (κ3) is 3.34. The maximum absolute atomic E-state index is 12.7. The van der Waals surface area contributed by atoms with Gasteiger partial charge in [0.05, 0.1) is 29.5 Å². The number of aryl methyl sites for hydroxylation is 3. The minimum absolute atomic E-state index is 0.0874. The van der Waals surface area contributed by atoms with Crippen molar-refractivity contribution in [3.8, 4) is 0 Å². The second-order valence-electron chi connectivity index (χ2n) is 6.08. The van der Waals surface area contributed by atoms with Crippen LogP contribution in [0, 0.1) is 6.92 Å². The number of amides is 2. The summed E-state index contributed by atoms with van der Waals surface area (Å²) in [6.45, 7) is 1.79. The SMILES string of the molecule is Cc1c(NC(=O)c2c(NC(=O)c3nn(C)cc3C(=O)O)cnn2C)cnn1C. The predicted octanol–water partition coefficient (Wildman–Crippen LogP) is 0.398. The van der Waals surface area contributed by atoms with Crippen molar-refractivity contribution < 1.29 is 19.5 Å². The van der Waals surface area contributed by atoms with Crippen molar-refractivity contribution in [2.24, 2.45) is 21.1 Å². The Morgan fingerprint density at radius 2 is 1.57 bits per heavy atom. The Hall–Kier alpha value is -3.96. The van der Waals surface area contributed by atoms with Crippen LogP contribution in [0.15, 0.2) is 18.6 Å². The Morgan fingerprint density at radius 1 is 0.964 bits per heavy atom. The second kappa shape index (κ2) is 6.98. The molecule has 0 saturated carbocycles. The lowest BCUT2D eigenvalue weighted by molar-refractivity contribution is 0.0692. The molecule has 0 saturated heterocycles. The maximum atomic E-state index is 12.7. The minimum atomic E-state index is -1.28. The van der Waals surface area contributed by atoms with Gasteiger partial charge in [-0.3, -0.25) is 23.6 Å². The zero-order valence-electron chi connectivity index (χ0n) is 15.6. The van der Waals surface area contributed by atoms with Crippen molar-refractivity contribution in [2.45, 2.75) is 6.92 Å². The van der Waals surface area contributed by atoms with Gasteiger partial charge in [0.2, 0.25) is 0 Å². The molecular formula is C16H18N8O4. The normalized spacial score (nSPS) is 10.7. The van der Waals surface area contributed by atoms with Gasteiger partial charge in [-0.15, -0.1) is 0 Å². The van der Waals surface area contributed by atoms with Gasteiger partial charge in [0, 0.05) is 27.3 Å². The van der Waals surface area contributed by atoms with Crippen molar-refractivity contribution in [2.75, 3.05) is 10.6 Å².